The molecule has 1 saturated carbocycles. The minimum Gasteiger partial charge on any atom is -0.323 e. The first-order valence-corrected chi connectivity index (χ1v) is 10.4. The number of nitrogens with one attached hydrogen (secondary N) is 1. The van der Waals surface area contributed by atoms with Crippen LogP contribution < -0.4 is 5.32 Å². The Bertz CT molecular complexity index is 642. The summed E-state index contributed by atoms with van der Waals surface area (Å²) < 4.78 is 0. The van der Waals surface area contributed by atoms with Gasteiger partial charge in [0, 0.05) is 13.6 Å². The van der Waals surface area contributed by atoms with E-state index in [2.05, 4.69) is 12.2 Å². The molecule has 0 radical (unpaired) electrons. The average molecular weight is 372 g/mol. The quantitative estimate of drug-likeness (QED) is 0.828. The zero-order chi connectivity index (χ0) is 19.4. The van der Waals surface area contributed by atoms with Crippen LogP contribution in [0.15, 0.2) is 30.3 Å². The predicted octanol–water partition coefficient (Wildman–Crippen LogP) is 3.79. The molecule has 1 saturated heterocycles. The number of benzene rings is 1. The van der Waals surface area contributed by atoms with Crippen molar-refractivity contribution >= 4 is 11.9 Å². The molecule has 148 valence electrons. The molecule has 1 N–H and O–H groups in total. The molecule has 0 aromatic heterocycles. The van der Waals surface area contributed by atoms with Gasteiger partial charge in [0.1, 0.15) is 0 Å². The van der Waals surface area contributed by atoms with E-state index >= 15 is 0 Å². The molecule has 27 heavy (non-hydrogen) atoms. The van der Waals surface area contributed by atoms with Gasteiger partial charge >= 0.3 is 6.03 Å². The fourth-order valence-electron chi connectivity index (χ4n) is 4.65. The van der Waals surface area contributed by atoms with Gasteiger partial charge in [0.05, 0.1) is 18.1 Å². The lowest BCUT2D eigenvalue weighted by Gasteiger charge is -2.35. The second-order valence-electron chi connectivity index (χ2n) is 8.06. The molecular weight excluding hydrogens is 338 g/mol. The van der Waals surface area contributed by atoms with Crippen LogP contribution in [0.5, 0.6) is 0 Å². The van der Waals surface area contributed by atoms with E-state index in [0.29, 0.717) is 18.9 Å². The van der Waals surface area contributed by atoms with Crippen LogP contribution in [0.2, 0.25) is 0 Å². The molecule has 1 aliphatic carbocycles. The molecule has 2 fully saturated rings. The summed E-state index contributed by atoms with van der Waals surface area (Å²) in [4.78, 5) is 29.6. The average Bonchev–Trinajstić information content (AvgIpc) is 2.93. The number of carbonyl (C=O) groups excluding carboxylic acids is 2. The highest BCUT2D eigenvalue weighted by Gasteiger charge is 2.49. The molecule has 1 heterocycles. The summed E-state index contributed by atoms with van der Waals surface area (Å²) in [6, 6.07) is 9.69. The Kier molecular flexibility index (Phi) is 6.53. The molecule has 3 rings (SSSR count). The van der Waals surface area contributed by atoms with Crippen LogP contribution in [0.4, 0.5) is 4.79 Å². The third kappa shape index (κ3) is 4.18. The van der Waals surface area contributed by atoms with Gasteiger partial charge in [-0.05, 0) is 37.7 Å². The van der Waals surface area contributed by atoms with E-state index in [-0.39, 0.29) is 30.1 Å². The largest absolute Gasteiger partial charge is 0.327 e. The van der Waals surface area contributed by atoms with Crippen LogP contribution in [-0.2, 0) is 11.3 Å². The van der Waals surface area contributed by atoms with Crippen molar-refractivity contribution in [3.8, 4) is 0 Å². The van der Waals surface area contributed by atoms with Gasteiger partial charge < -0.3 is 10.2 Å². The van der Waals surface area contributed by atoms with Gasteiger partial charge in [-0.25, -0.2) is 4.79 Å². The zero-order valence-corrected chi connectivity index (χ0v) is 16.9. The van der Waals surface area contributed by atoms with Crippen molar-refractivity contribution in [1.29, 1.82) is 0 Å². The number of nitrogens with zero attached hydrogens (tertiary/aromatic N) is 2. The SMILES string of the molecule is CC[C@@H](NCc1ccccc1)C(=O)N1C(=O)N(C)[C@@H](C)[C@H]1C1CCCCC1. The van der Waals surface area contributed by atoms with Gasteiger partial charge in [0.15, 0.2) is 0 Å². The first kappa shape index (κ1) is 19.9. The van der Waals surface area contributed by atoms with Crippen LogP contribution in [0.3, 0.4) is 0 Å². The summed E-state index contributed by atoms with van der Waals surface area (Å²) in [5.74, 6) is 0.364. The molecule has 0 unspecified atom stereocenters. The topological polar surface area (TPSA) is 52.7 Å². The maximum atomic E-state index is 13.4. The minimum absolute atomic E-state index is 0.00266. The van der Waals surface area contributed by atoms with E-state index in [9.17, 15) is 9.59 Å². The number of imide groups is 1. The highest BCUT2D eigenvalue weighted by atomic mass is 16.2. The number of likely N-dealkylation sites (N-methyl/N-ethyl adjacent to an activating group) is 1. The third-order valence-electron chi connectivity index (χ3n) is 6.38. The summed E-state index contributed by atoms with van der Waals surface area (Å²) in [7, 11) is 1.83. The number of hydrogen-bond acceptors (Lipinski definition) is 3. The van der Waals surface area contributed by atoms with E-state index in [4.69, 9.17) is 0 Å². The zero-order valence-electron chi connectivity index (χ0n) is 16.9. The van der Waals surface area contributed by atoms with Gasteiger partial charge in [-0.1, -0.05) is 56.5 Å². The number of amides is 3. The summed E-state index contributed by atoms with van der Waals surface area (Å²) >= 11 is 0. The molecule has 5 nitrogen and oxygen atoms in total. The lowest BCUT2D eigenvalue weighted by molar-refractivity contribution is -0.132. The molecule has 1 aromatic carbocycles. The van der Waals surface area contributed by atoms with Crippen molar-refractivity contribution in [2.45, 2.75) is 77.0 Å². The molecule has 0 spiro atoms. The van der Waals surface area contributed by atoms with E-state index in [1.54, 1.807) is 9.80 Å². The Morgan fingerprint density at radius 1 is 1.19 bits per heavy atom. The van der Waals surface area contributed by atoms with Gasteiger partial charge in [-0.15, -0.1) is 0 Å². The summed E-state index contributed by atoms with van der Waals surface area (Å²) in [5.41, 5.74) is 1.14. The van der Waals surface area contributed by atoms with Crippen LogP contribution in [0, 0.1) is 5.92 Å². The number of rotatable bonds is 6. The lowest BCUT2D eigenvalue weighted by atomic mass is 9.81. The second-order valence-corrected chi connectivity index (χ2v) is 8.06. The van der Waals surface area contributed by atoms with Crippen molar-refractivity contribution in [3.63, 3.8) is 0 Å². The van der Waals surface area contributed by atoms with Gasteiger partial charge in [-0.2, -0.15) is 0 Å². The van der Waals surface area contributed by atoms with E-state index in [1.165, 1.54) is 19.3 Å². The molecule has 5 heteroatoms. The number of urea groups is 1. The van der Waals surface area contributed by atoms with Crippen molar-refractivity contribution < 1.29 is 9.59 Å². The Morgan fingerprint density at radius 2 is 1.85 bits per heavy atom. The van der Waals surface area contributed by atoms with Crippen LogP contribution in [0.25, 0.3) is 0 Å². The van der Waals surface area contributed by atoms with Crippen molar-refractivity contribution in [2.75, 3.05) is 7.05 Å². The Balaban J connectivity index is 1.75. The molecule has 0 bridgehead atoms. The van der Waals surface area contributed by atoms with Gasteiger partial charge in [-0.3, -0.25) is 9.69 Å². The van der Waals surface area contributed by atoms with E-state index < -0.39 is 0 Å². The van der Waals surface area contributed by atoms with Crippen molar-refractivity contribution in [3.05, 3.63) is 35.9 Å². The summed E-state index contributed by atoms with van der Waals surface area (Å²) in [6.07, 6.45) is 6.59. The van der Waals surface area contributed by atoms with Crippen molar-refractivity contribution in [1.82, 2.24) is 15.1 Å². The van der Waals surface area contributed by atoms with Gasteiger partial charge in [0.2, 0.25) is 5.91 Å². The lowest BCUT2D eigenvalue weighted by Crippen LogP contribution is -2.52. The minimum atomic E-state index is -0.334. The smallest absolute Gasteiger partial charge is 0.323 e. The summed E-state index contributed by atoms with van der Waals surface area (Å²) in [5, 5.41) is 3.37. The Labute approximate surface area is 163 Å². The number of carbonyl (C=O) groups is 2. The molecular formula is C22H33N3O2. The van der Waals surface area contributed by atoms with Crippen LogP contribution in [0.1, 0.15) is 57.9 Å². The maximum Gasteiger partial charge on any atom is 0.327 e. The highest BCUT2D eigenvalue weighted by molar-refractivity contribution is 5.99. The standard InChI is InChI=1S/C22H33N3O2/c1-4-19(23-15-17-11-7-5-8-12-17)21(26)25-20(16(2)24(3)22(25)27)18-13-9-6-10-14-18/h5,7-8,11-12,16,18-20,23H,4,6,9-10,13-15H2,1-3H3/t16-,19+,20-/m0/s1. The normalized spacial score (nSPS) is 25.1. The monoisotopic (exact) mass is 371 g/mol. The predicted molar refractivity (Wildman–Crippen MR) is 107 cm³/mol. The van der Waals surface area contributed by atoms with Crippen molar-refractivity contribution in [2.24, 2.45) is 5.92 Å². The second kappa shape index (κ2) is 8.87. The first-order chi connectivity index (χ1) is 13.0. The Morgan fingerprint density at radius 3 is 2.48 bits per heavy atom. The van der Waals surface area contributed by atoms with E-state index in [1.807, 2.05) is 44.3 Å². The number of hydrogen-bond donors (Lipinski definition) is 1. The first-order valence-electron chi connectivity index (χ1n) is 10.4. The molecule has 1 aromatic rings. The third-order valence-corrected chi connectivity index (χ3v) is 6.38. The molecule has 3 atom stereocenters. The van der Waals surface area contributed by atoms with Crippen LogP contribution in [-0.4, -0.2) is 46.9 Å². The van der Waals surface area contributed by atoms with Crippen LogP contribution >= 0.6 is 0 Å². The fourth-order valence-corrected chi connectivity index (χ4v) is 4.65. The van der Waals surface area contributed by atoms with E-state index in [0.717, 1.165) is 18.4 Å². The highest BCUT2D eigenvalue weighted by Crippen LogP contribution is 2.36. The fraction of sp³-hybridized carbons (Fsp3) is 0.636. The Hall–Kier alpha value is -1.88. The molecule has 3 amide bonds. The molecule has 1 aliphatic heterocycles. The summed E-state index contributed by atoms with van der Waals surface area (Å²) in [6.45, 7) is 4.72. The molecule has 2 aliphatic rings. The van der Waals surface area contributed by atoms with Gasteiger partial charge in [0.25, 0.3) is 0 Å². The maximum absolute atomic E-state index is 13.4.